The molecule has 6 nitrogen and oxygen atoms in total. The molecule has 2 bridgehead atoms. The lowest BCUT2D eigenvalue weighted by Gasteiger charge is -2.22. The van der Waals surface area contributed by atoms with Crippen molar-refractivity contribution in [3.63, 3.8) is 0 Å². The number of hydrogen-bond acceptors (Lipinski definition) is 5. The zero-order valence-corrected chi connectivity index (χ0v) is 14.3. The van der Waals surface area contributed by atoms with Gasteiger partial charge >= 0.3 is 11.9 Å². The first-order chi connectivity index (χ1) is 11.5. The molecule has 7 heteroatoms. The van der Waals surface area contributed by atoms with Gasteiger partial charge in [-0.25, -0.2) is 0 Å². The van der Waals surface area contributed by atoms with E-state index in [4.69, 9.17) is 9.47 Å². The minimum Gasteiger partial charge on any atom is -0.462 e. The summed E-state index contributed by atoms with van der Waals surface area (Å²) in [5, 5.41) is 2.66. The van der Waals surface area contributed by atoms with Gasteiger partial charge in [-0.15, -0.1) is 0 Å². The number of esters is 2. The Balaban J connectivity index is 1.33. The Bertz CT molecular complexity index is 701. The van der Waals surface area contributed by atoms with Crippen LogP contribution < -0.4 is 5.32 Å². The van der Waals surface area contributed by atoms with Crippen molar-refractivity contribution < 1.29 is 23.9 Å². The average molecular weight is 394 g/mol. The number of carbonyl (C=O) groups excluding carboxylic acids is 3. The highest BCUT2D eigenvalue weighted by molar-refractivity contribution is 9.10. The largest absolute Gasteiger partial charge is 0.462 e. The lowest BCUT2D eigenvalue weighted by molar-refractivity contribution is -0.157. The zero-order valence-electron chi connectivity index (χ0n) is 12.7. The number of ether oxygens (including phenoxy) is 2. The molecule has 5 atom stereocenters. The Hall–Kier alpha value is -1.89. The van der Waals surface area contributed by atoms with E-state index in [-0.39, 0.29) is 36.4 Å². The number of halogens is 1. The highest BCUT2D eigenvalue weighted by Gasteiger charge is 2.64. The van der Waals surface area contributed by atoms with Gasteiger partial charge in [-0.2, -0.15) is 0 Å². The van der Waals surface area contributed by atoms with Gasteiger partial charge < -0.3 is 14.8 Å². The predicted molar refractivity (Wildman–Crippen MR) is 86.8 cm³/mol. The number of fused-ring (bicyclic) bond motifs is 1. The van der Waals surface area contributed by atoms with Gasteiger partial charge in [0.15, 0.2) is 6.61 Å². The molecule has 3 fully saturated rings. The standard InChI is InChI=1S/C17H16BrNO5/c18-9-1-3-10(4-2-9)19-13(20)7-23-16(21)14-8-5-11-12(6-8)24-17(22)15(11)14/h1-4,8,11-12,14-15H,5-7H2,(H,19,20)/t8-,11+,12-,14-,15-/m1/s1. The molecule has 1 N–H and O–H groups in total. The molecule has 1 heterocycles. The number of amides is 1. The zero-order chi connectivity index (χ0) is 16.8. The number of benzene rings is 1. The second kappa shape index (κ2) is 5.88. The summed E-state index contributed by atoms with van der Waals surface area (Å²) >= 11 is 3.32. The maximum Gasteiger partial charge on any atom is 0.310 e. The molecule has 0 spiro atoms. The van der Waals surface area contributed by atoms with Crippen LogP contribution in [-0.4, -0.2) is 30.6 Å². The first-order valence-electron chi connectivity index (χ1n) is 7.95. The summed E-state index contributed by atoms with van der Waals surface area (Å²) in [6.07, 6.45) is 1.56. The molecular formula is C17H16BrNO5. The molecule has 0 radical (unpaired) electrons. The van der Waals surface area contributed by atoms with Gasteiger partial charge in [0.2, 0.25) is 0 Å². The molecule has 3 aliphatic rings. The molecule has 1 saturated heterocycles. The maximum atomic E-state index is 12.4. The Morgan fingerprint density at radius 2 is 2.00 bits per heavy atom. The van der Waals surface area contributed by atoms with Gasteiger partial charge in [0.25, 0.3) is 5.91 Å². The van der Waals surface area contributed by atoms with Gasteiger partial charge in [0.05, 0.1) is 11.8 Å². The summed E-state index contributed by atoms with van der Waals surface area (Å²) in [6.45, 7) is -0.353. The van der Waals surface area contributed by atoms with Crippen molar-refractivity contribution in [3.8, 4) is 0 Å². The minimum atomic E-state index is -0.462. The summed E-state index contributed by atoms with van der Waals surface area (Å²) in [5.74, 6) is -1.70. The third-order valence-electron chi connectivity index (χ3n) is 5.23. The van der Waals surface area contributed by atoms with Crippen LogP contribution in [0.15, 0.2) is 28.7 Å². The van der Waals surface area contributed by atoms with Crippen LogP contribution in [0.5, 0.6) is 0 Å². The highest BCUT2D eigenvalue weighted by atomic mass is 79.9. The first-order valence-corrected chi connectivity index (χ1v) is 8.75. The van der Waals surface area contributed by atoms with Crippen molar-refractivity contribution in [2.75, 3.05) is 11.9 Å². The average Bonchev–Trinajstić information content (AvgIpc) is 3.16. The third-order valence-corrected chi connectivity index (χ3v) is 5.76. The molecule has 126 valence electrons. The molecule has 1 aromatic carbocycles. The molecular weight excluding hydrogens is 378 g/mol. The van der Waals surface area contributed by atoms with Crippen LogP contribution in [0.1, 0.15) is 12.8 Å². The molecule has 0 unspecified atom stereocenters. The quantitative estimate of drug-likeness (QED) is 0.792. The molecule has 2 saturated carbocycles. The van der Waals surface area contributed by atoms with E-state index >= 15 is 0 Å². The van der Waals surface area contributed by atoms with Crippen LogP contribution in [-0.2, 0) is 23.9 Å². The van der Waals surface area contributed by atoms with Crippen molar-refractivity contribution in [2.24, 2.45) is 23.7 Å². The first kappa shape index (κ1) is 15.6. The molecule has 24 heavy (non-hydrogen) atoms. The van der Waals surface area contributed by atoms with Crippen LogP contribution in [0.25, 0.3) is 0 Å². The van der Waals surface area contributed by atoms with E-state index in [0.717, 1.165) is 17.3 Å². The fraction of sp³-hybridized carbons (Fsp3) is 0.471. The SMILES string of the molecule is O=C(COC(=O)[C@@H]1[C@@H]2C[C@@H]3[C@H]1C(=O)O[C@@H]3C2)Nc1ccc(Br)cc1. The fourth-order valence-corrected chi connectivity index (χ4v) is 4.55. The number of hydrogen-bond donors (Lipinski definition) is 1. The van der Waals surface area contributed by atoms with E-state index in [1.54, 1.807) is 24.3 Å². The summed E-state index contributed by atoms with van der Waals surface area (Å²) in [4.78, 5) is 36.2. The number of carbonyl (C=O) groups is 3. The molecule has 1 aromatic rings. The normalized spacial score (nSPS) is 32.5. The molecule has 4 rings (SSSR count). The lowest BCUT2D eigenvalue weighted by atomic mass is 9.80. The third kappa shape index (κ3) is 2.60. The lowest BCUT2D eigenvalue weighted by Crippen LogP contribution is -2.34. The number of nitrogens with one attached hydrogen (secondary N) is 1. The second-order valence-electron chi connectivity index (χ2n) is 6.59. The van der Waals surface area contributed by atoms with Crippen LogP contribution in [0, 0.1) is 23.7 Å². The van der Waals surface area contributed by atoms with Crippen molar-refractivity contribution in [2.45, 2.75) is 18.9 Å². The van der Waals surface area contributed by atoms with Crippen molar-refractivity contribution in [1.82, 2.24) is 0 Å². The van der Waals surface area contributed by atoms with Crippen molar-refractivity contribution >= 4 is 39.5 Å². The molecule has 0 aromatic heterocycles. The summed E-state index contributed by atoms with van der Waals surface area (Å²) in [6, 6.07) is 7.10. The van der Waals surface area contributed by atoms with Crippen LogP contribution in [0.2, 0.25) is 0 Å². The maximum absolute atomic E-state index is 12.4. The van der Waals surface area contributed by atoms with E-state index in [9.17, 15) is 14.4 Å². The van der Waals surface area contributed by atoms with Gasteiger partial charge in [-0.3, -0.25) is 14.4 Å². The van der Waals surface area contributed by atoms with E-state index in [1.165, 1.54) is 0 Å². The van der Waals surface area contributed by atoms with Gasteiger partial charge in [-0.05, 0) is 43.0 Å². The Morgan fingerprint density at radius 1 is 1.25 bits per heavy atom. The van der Waals surface area contributed by atoms with Crippen LogP contribution >= 0.6 is 15.9 Å². The smallest absolute Gasteiger partial charge is 0.310 e. The highest BCUT2D eigenvalue weighted by Crippen LogP contribution is 2.57. The molecule has 1 aliphatic heterocycles. The van der Waals surface area contributed by atoms with E-state index in [2.05, 4.69) is 21.2 Å². The Kier molecular flexibility index (Phi) is 3.83. The summed E-state index contributed by atoms with van der Waals surface area (Å²) < 4.78 is 11.4. The van der Waals surface area contributed by atoms with Crippen molar-refractivity contribution in [3.05, 3.63) is 28.7 Å². The van der Waals surface area contributed by atoms with Crippen molar-refractivity contribution in [1.29, 1.82) is 0 Å². The van der Waals surface area contributed by atoms with E-state index in [0.29, 0.717) is 5.69 Å². The Morgan fingerprint density at radius 3 is 2.75 bits per heavy atom. The van der Waals surface area contributed by atoms with Crippen LogP contribution in [0.4, 0.5) is 5.69 Å². The van der Waals surface area contributed by atoms with E-state index in [1.807, 2.05) is 0 Å². The minimum absolute atomic E-state index is 0.0164. The predicted octanol–water partition coefficient (Wildman–Crippen LogP) is 2.13. The summed E-state index contributed by atoms with van der Waals surface area (Å²) in [5.41, 5.74) is 0.626. The molecule has 1 amide bonds. The Labute approximate surface area is 147 Å². The van der Waals surface area contributed by atoms with E-state index < -0.39 is 17.8 Å². The topological polar surface area (TPSA) is 81.7 Å². The van der Waals surface area contributed by atoms with Gasteiger partial charge in [0, 0.05) is 16.1 Å². The number of anilines is 1. The fourth-order valence-electron chi connectivity index (χ4n) is 4.29. The van der Waals surface area contributed by atoms with Crippen LogP contribution in [0.3, 0.4) is 0 Å². The number of rotatable bonds is 4. The van der Waals surface area contributed by atoms with Gasteiger partial charge in [-0.1, -0.05) is 15.9 Å². The monoisotopic (exact) mass is 393 g/mol. The van der Waals surface area contributed by atoms with Gasteiger partial charge in [0.1, 0.15) is 6.10 Å². The summed E-state index contributed by atoms with van der Waals surface area (Å²) in [7, 11) is 0. The second-order valence-corrected chi connectivity index (χ2v) is 7.50. The molecule has 2 aliphatic carbocycles.